The van der Waals surface area contributed by atoms with E-state index in [2.05, 4.69) is 15.6 Å². The highest BCUT2D eigenvalue weighted by atomic mass is 16.5. The van der Waals surface area contributed by atoms with E-state index >= 15 is 0 Å². The van der Waals surface area contributed by atoms with Gasteiger partial charge in [-0.15, -0.1) is 0 Å². The number of aromatic nitrogens is 1. The number of amides is 2. The molecule has 0 radical (unpaired) electrons. The minimum Gasteiger partial charge on any atom is -0.493 e. The number of ether oxygens (including phenoxy) is 2. The Morgan fingerprint density at radius 3 is 2.40 bits per heavy atom. The van der Waals surface area contributed by atoms with E-state index in [1.54, 1.807) is 32.4 Å². The van der Waals surface area contributed by atoms with Gasteiger partial charge in [-0.2, -0.15) is 0 Å². The van der Waals surface area contributed by atoms with Crippen molar-refractivity contribution in [2.45, 2.75) is 26.8 Å². The van der Waals surface area contributed by atoms with Crippen LogP contribution in [0.15, 0.2) is 42.5 Å². The molecule has 0 spiro atoms. The second-order valence-corrected chi connectivity index (χ2v) is 7.03. The Hall–Kier alpha value is -3.61. The van der Waals surface area contributed by atoms with Gasteiger partial charge in [-0.1, -0.05) is 12.1 Å². The van der Waals surface area contributed by atoms with Crippen molar-refractivity contribution in [3.63, 3.8) is 0 Å². The second kappa shape index (κ2) is 8.82. The highest BCUT2D eigenvalue weighted by Gasteiger charge is 2.17. The van der Waals surface area contributed by atoms with E-state index in [4.69, 9.17) is 9.47 Å². The monoisotopic (exact) mass is 407 g/mol. The van der Waals surface area contributed by atoms with E-state index in [9.17, 15) is 9.59 Å². The number of nitrogens with zero attached hydrogens (tertiary/aromatic N) is 1. The van der Waals surface area contributed by atoms with Crippen molar-refractivity contribution in [1.29, 1.82) is 0 Å². The SMILES string of the molecule is COc1ccc(C(C)NC(=O)c2cc(NC(C)=O)cc3nc(C)ccc23)cc1OC. The van der Waals surface area contributed by atoms with Gasteiger partial charge in [0, 0.05) is 23.7 Å². The molecule has 2 N–H and O–H groups in total. The molecule has 156 valence electrons. The lowest BCUT2D eigenvalue weighted by Gasteiger charge is -2.18. The van der Waals surface area contributed by atoms with E-state index in [1.165, 1.54) is 6.92 Å². The van der Waals surface area contributed by atoms with Gasteiger partial charge in [-0.3, -0.25) is 14.6 Å². The summed E-state index contributed by atoms with van der Waals surface area (Å²) in [5.74, 6) is 0.733. The Morgan fingerprint density at radius 2 is 1.73 bits per heavy atom. The largest absolute Gasteiger partial charge is 0.493 e. The molecule has 0 aliphatic carbocycles. The lowest BCUT2D eigenvalue weighted by atomic mass is 10.0. The molecule has 7 heteroatoms. The molecule has 1 unspecified atom stereocenters. The summed E-state index contributed by atoms with van der Waals surface area (Å²) in [5.41, 5.74) is 3.31. The van der Waals surface area contributed by atoms with Gasteiger partial charge in [0.15, 0.2) is 11.5 Å². The van der Waals surface area contributed by atoms with Gasteiger partial charge in [-0.25, -0.2) is 0 Å². The van der Waals surface area contributed by atoms with E-state index < -0.39 is 0 Å². The summed E-state index contributed by atoms with van der Waals surface area (Å²) in [6.07, 6.45) is 0. The third-order valence-corrected chi connectivity index (χ3v) is 4.77. The molecule has 1 heterocycles. The summed E-state index contributed by atoms with van der Waals surface area (Å²) in [6, 6.07) is 12.4. The first kappa shape index (κ1) is 21.1. The Kier molecular flexibility index (Phi) is 6.20. The molecule has 7 nitrogen and oxygen atoms in total. The Balaban J connectivity index is 1.95. The number of methoxy groups -OCH3 is 2. The molecule has 0 aliphatic rings. The zero-order valence-electron chi connectivity index (χ0n) is 17.7. The van der Waals surface area contributed by atoms with Gasteiger partial charge >= 0.3 is 0 Å². The minimum atomic E-state index is -0.282. The van der Waals surface area contributed by atoms with E-state index in [-0.39, 0.29) is 17.9 Å². The maximum absolute atomic E-state index is 13.1. The van der Waals surface area contributed by atoms with Crippen LogP contribution in [0.2, 0.25) is 0 Å². The van der Waals surface area contributed by atoms with E-state index in [1.807, 2.05) is 38.1 Å². The molecular formula is C23H25N3O4. The number of fused-ring (bicyclic) bond motifs is 1. The zero-order chi connectivity index (χ0) is 21.8. The number of hydrogen-bond acceptors (Lipinski definition) is 5. The van der Waals surface area contributed by atoms with Crippen LogP contribution in [0.3, 0.4) is 0 Å². The van der Waals surface area contributed by atoms with Crippen molar-refractivity contribution < 1.29 is 19.1 Å². The van der Waals surface area contributed by atoms with Crippen molar-refractivity contribution in [1.82, 2.24) is 10.3 Å². The molecule has 0 saturated carbocycles. The molecule has 1 atom stereocenters. The fraction of sp³-hybridized carbons (Fsp3) is 0.261. The number of aryl methyl sites for hydroxylation is 1. The van der Waals surface area contributed by atoms with Gasteiger partial charge in [0.1, 0.15) is 0 Å². The summed E-state index contributed by atoms with van der Waals surface area (Å²) in [6.45, 7) is 5.19. The van der Waals surface area contributed by atoms with Gasteiger partial charge in [-0.05, 0) is 49.7 Å². The predicted octanol–water partition coefficient (Wildman–Crippen LogP) is 4.01. The predicted molar refractivity (Wildman–Crippen MR) is 116 cm³/mol. The summed E-state index contributed by atoms with van der Waals surface area (Å²) in [5, 5.41) is 6.46. The molecule has 2 aromatic carbocycles. The fourth-order valence-electron chi connectivity index (χ4n) is 3.28. The van der Waals surface area contributed by atoms with E-state index in [0.29, 0.717) is 33.7 Å². The van der Waals surface area contributed by atoms with Crippen LogP contribution in [-0.2, 0) is 4.79 Å². The quantitative estimate of drug-likeness (QED) is 0.644. The fourth-order valence-corrected chi connectivity index (χ4v) is 3.28. The van der Waals surface area contributed by atoms with E-state index in [0.717, 1.165) is 11.3 Å². The summed E-state index contributed by atoms with van der Waals surface area (Å²) in [4.78, 5) is 29.2. The topological polar surface area (TPSA) is 89.6 Å². The average molecular weight is 407 g/mol. The molecule has 2 amide bonds. The molecule has 3 rings (SSSR count). The molecule has 0 bridgehead atoms. The van der Waals surface area contributed by atoms with Crippen molar-refractivity contribution in [3.8, 4) is 11.5 Å². The molecule has 3 aromatic rings. The number of hydrogen-bond donors (Lipinski definition) is 2. The van der Waals surface area contributed by atoms with Crippen LogP contribution in [0.5, 0.6) is 11.5 Å². The van der Waals surface area contributed by atoms with Crippen molar-refractivity contribution in [3.05, 3.63) is 59.3 Å². The number of benzene rings is 2. The summed E-state index contributed by atoms with van der Waals surface area (Å²) in [7, 11) is 3.14. The van der Waals surface area contributed by atoms with Crippen LogP contribution in [-0.4, -0.2) is 31.0 Å². The lowest BCUT2D eigenvalue weighted by molar-refractivity contribution is -0.114. The first-order chi connectivity index (χ1) is 14.3. The first-order valence-corrected chi connectivity index (χ1v) is 9.54. The van der Waals surface area contributed by atoms with Crippen molar-refractivity contribution in [2.24, 2.45) is 0 Å². The third kappa shape index (κ3) is 4.51. The number of nitrogens with one attached hydrogen (secondary N) is 2. The van der Waals surface area contributed by atoms with Gasteiger partial charge in [0.25, 0.3) is 5.91 Å². The van der Waals surface area contributed by atoms with Crippen LogP contribution >= 0.6 is 0 Å². The highest BCUT2D eigenvalue weighted by Crippen LogP contribution is 2.30. The maximum Gasteiger partial charge on any atom is 0.252 e. The maximum atomic E-state index is 13.1. The van der Waals surface area contributed by atoms with Gasteiger partial charge < -0.3 is 20.1 Å². The van der Waals surface area contributed by atoms with Crippen LogP contribution in [0.1, 0.15) is 41.5 Å². The lowest BCUT2D eigenvalue weighted by Crippen LogP contribution is -2.27. The Bertz CT molecular complexity index is 1110. The van der Waals surface area contributed by atoms with Gasteiger partial charge in [0.2, 0.25) is 5.91 Å². The summed E-state index contributed by atoms with van der Waals surface area (Å²) < 4.78 is 10.6. The zero-order valence-corrected chi connectivity index (χ0v) is 17.7. The van der Waals surface area contributed by atoms with Gasteiger partial charge in [0.05, 0.1) is 31.3 Å². The molecule has 1 aromatic heterocycles. The number of carbonyl (C=O) groups excluding carboxylic acids is 2. The molecule has 0 saturated heterocycles. The molecular weight excluding hydrogens is 382 g/mol. The highest BCUT2D eigenvalue weighted by molar-refractivity contribution is 6.08. The number of anilines is 1. The average Bonchev–Trinajstić information content (AvgIpc) is 2.71. The van der Waals surface area contributed by atoms with Crippen LogP contribution in [0, 0.1) is 6.92 Å². The van der Waals surface area contributed by atoms with Crippen molar-refractivity contribution in [2.75, 3.05) is 19.5 Å². The Morgan fingerprint density at radius 1 is 1.00 bits per heavy atom. The third-order valence-electron chi connectivity index (χ3n) is 4.77. The number of carbonyl (C=O) groups is 2. The Labute approximate surface area is 175 Å². The molecule has 0 aliphatic heterocycles. The normalized spacial score (nSPS) is 11.6. The second-order valence-electron chi connectivity index (χ2n) is 7.03. The van der Waals surface area contributed by atoms with Crippen LogP contribution < -0.4 is 20.1 Å². The summed E-state index contributed by atoms with van der Waals surface area (Å²) >= 11 is 0. The molecule has 30 heavy (non-hydrogen) atoms. The van der Waals surface area contributed by atoms with Crippen LogP contribution in [0.25, 0.3) is 10.9 Å². The smallest absolute Gasteiger partial charge is 0.252 e. The minimum absolute atomic E-state index is 0.216. The number of pyridine rings is 1. The number of rotatable bonds is 6. The first-order valence-electron chi connectivity index (χ1n) is 9.54. The van der Waals surface area contributed by atoms with Crippen LogP contribution in [0.4, 0.5) is 5.69 Å². The molecule has 0 fully saturated rings. The standard InChI is InChI=1S/C23H25N3O4/c1-13-6-8-18-19(11-17(26-15(3)27)12-20(18)24-13)23(28)25-14(2)16-7-9-21(29-4)22(10-16)30-5/h6-12,14H,1-5H3,(H,25,28)(H,26,27). The van der Waals surface area contributed by atoms with Crippen molar-refractivity contribution >= 4 is 28.4 Å².